The summed E-state index contributed by atoms with van der Waals surface area (Å²) in [7, 11) is 0. The molecule has 5 heterocycles. The fourth-order valence-corrected chi connectivity index (χ4v) is 5.90. The summed E-state index contributed by atoms with van der Waals surface area (Å²) in [5.41, 5.74) is 4.40. The zero-order valence-electron chi connectivity index (χ0n) is 17.7. The van der Waals surface area contributed by atoms with E-state index in [1.807, 2.05) is 30.5 Å². The number of nitrogens with zero attached hydrogens (tertiary/aromatic N) is 6. The van der Waals surface area contributed by atoms with Crippen LogP contribution >= 0.6 is 0 Å². The number of carbonyl (C=O) groups is 1. The molecule has 9 heteroatoms. The number of ether oxygens (including phenoxy) is 2. The Morgan fingerprint density at radius 3 is 2.76 bits per heavy atom. The average molecular weight is 440 g/mol. The molecule has 1 amide bonds. The first-order chi connectivity index (χ1) is 16.2. The molecule has 9 nitrogen and oxygen atoms in total. The summed E-state index contributed by atoms with van der Waals surface area (Å²) in [6, 6.07) is 12.6. The molecule has 3 unspecified atom stereocenters. The van der Waals surface area contributed by atoms with Gasteiger partial charge in [-0.2, -0.15) is 5.26 Å². The molecule has 1 aliphatic carbocycles. The lowest BCUT2D eigenvalue weighted by molar-refractivity contribution is 0.117. The summed E-state index contributed by atoms with van der Waals surface area (Å²) in [6.07, 6.45) is 5.36. The van der Waals surface area contributed by atoms with E-state index < -0.39 is 5.41 Å². The van der Waals surface area contributed by atoms with E-state index in [1.165, 1.54) is 0 Å². The van der Waals surface area contributed by atoms with Crippen LogP contribution in [0.5, 0.6) is 0 Å². The van der Waals surface area contributed by atoms with Gasteiger partial charge in [-0.3, -0.25) is 9.88 Å². The molecule has 7 rings (SSSR count). The van der Waals surface area contributed by atoms with Crippen molar-refractivity contribution in [2.75, 3.05) is 18.1 Å². The van der Waals surface area contributed by atoms with Crippen LogP contribution in [0.3, 0.4) is 0 Å². The van der Waals surface area contributed by atoms with E-state index in [1.54, 1.807) is 22.0 Å². The van der Waals surface area contributed by atoms with Crippen LogP contribution in [-0.4, -0.2) is 51.4 Å². The summed E-state index contributed by atoms with van der Waals surface area (Å²) in [5, 5.41) is 17.6. The Morgan fingerprint density at radius 1 is 1.18 bits per heavy atom. The highest BCUT2D eigenvalue weighted by molar-refractivity contribution is 5.94. The third-order valence-electron chi connectivity index (χ3n) is 7.66. The van der Waals surface area contributed by atoms with Gasteiger partial charge < -0.3 is 9.47 Å². The monoisotopic (exact) mass is 440 g/mol. The van der Waals surface area contributed by atoms with Crippen molar-refractivity contribution < 1.29 is 14.3 Å². The second-order valence-corrected chi connectivity index (χ2v) is 9.20. The molecular formula is C24H20N6O3. The van der Waals surface area contributed by atoms with Crippen molar-refractivity contribution in [3.8, 4) is 17.2 Å². The molecule has 164 valence electrons. The Kier molecular flexibility index (Phi) is 3.77. The van der Waals surface area contributed by atoms with Crippen molar-refractivity contribution in [2.24, 2.45) is 11.8 Å². The number of nitriles is 1. The number of aromatic nitrogens is 4. The van der Waals surface area contributed by atoms with Gasteiger partial charge in [0, 0.05) is 29.8 Å². The largest absolute Gasteiger partial charge is 0.442 e. The first kappa shape index (κ1) is 18.8. The van der Waals surface area contributed by atoms with Gasteiger partial charge in [0.2, 0.25) is 0 Å². The van der Waals surface area contributed by atoms with Crippen molar-refractivity contribution in [3.63, 3.8) is 0 Å². The van der Waals surface area contributed by atoms with E-state index in [0.29, 0.717) is 19.8 Å². The van der Waals surface area contributed by atoms with Crippen molar-refractivity contribution in [2.45, 2.75) is 30.5 Å². The van der Waals surface area contributed by atoms with Crippen LogP contribution in [0.2, 0.25) is 0 Å². The number of benzene rings is 1. The highest BCUT2D eigenvalue weighted by Crippen LogP contribution is 2.62. The van der Waals surface area contributed by atoms with Gasteiger partial charge in [0.15, 0.2) is 0 Å². The van der Waals surface area contributed by atoms with Gasteiger partial charge in [-0.05, 0) is 35.7 Å². The standard InChI is InChI=1S/C24H20N6O3/c25-13-24(17-11-32-12-18(17)24)22-4-2-15(9-26-22)14-1-3-19-16(7-14)8-20-21(33-23(31)30(19)20)10-29-6-5-27-28-29/h1-7,9,17-18,20-21H,8,10-12H2/t17?,18?,20-,21?,24?/m0/s1. The van der Waals surface area contributed by atoms with E-state index in [4.69, 9.17) is 9.47 Å². The van der Waals surface area contributed by atoms with E-state index in [9.17, 15) is 10.1 Å². The van der Waals surface area contributed by atoms with Crippen molar-refractivity contribution in [1.82, 2.24) is 20.0 Å². The lowest BCUT2D eigenvalue weighted by Gasteiger charge is -2.16. The molecule has 0 spiro atoms. The number of anilines is 1. The molecule has 1 saturated carbocycles. The van der Waals surface area contributed by atoms with E-state index in [0.717, 1.165) is 34.5 Å². The molecule has 0 N–H and O–H groups in total. The smallest absolute Gasteiger partial charge is 0.415 e. The summed E-state index contributed by atoms with van der Waals surface area (Å²) in [4.78, 5) is 19.0. The maximum absolute atomic E-state index is 12.6. The Bertz CT molecular complexity index is 1290. The maximum atomic E-state index is 12.6. The Labute approximate surface area is 189 Å². The molecule has 33 heavy (non-hydrogen) atoms. The summed E-state index contributed by atoms with van der Waals surface area (Å²) >= 11 is 0. The van der Waals surface area contributed by atoms with E-state index in [-0.39, 0.29) is 30.1 Å². The Balaban J connectivity index is 1.15. The highest BCUT2D eigenvalue weighted by atomic mass is 16.6. The number of hydrogen-bond acceptors (Lipinski definition) is 7. The zero-order valence-corrected chi connectivity index (χ0v) is 17.7. The van der Waals surface area contributed by atoms with Gasteiger partial charge in [-0.15, -0.1) is 5.10 Å². The van der Waals surface area contributed by atoms with Crippen LogP contribution in [0.15, 0.2) is 48.9 Å². The minimum atomic E-state index is -0.487. The van der Waals surface area contributed by atoms with Gasteiger partial charge in [0.25, 0.3) is 0 Å². The van der Waals surface area contributed by atoms with Crippen LogP contribution < -0.4 is 4.90 Å². The molecular weight excluding hydrogens is 420 g/mol. The number of fused-ring (bicyclic) bond motifs is 4. The fraction of sp³-hybridized carbons (Fsp3) is 0.375. The lowest BCUT2D eigenvalue weighted by Crippen LogP contribution is -2.35. The quantitative estimate of drug-likeness (QED) is 0.613. The molecule has 4 aliphatic rings. The van der Waals surface area contributed by atoms with Crippen LogP contribution in [0.4, 0.5) is 10.5 Å². The molecule has 0 bridgehead atoms. The number of hydrogen-bond donors (Lipinski definition) is 0. The SMILES string of the molecule is N#CC1(c2ccc(-c3ccc4c(c3)C[C@H]3C(Cn5ccnn5)OC(=O)N43)cn2)C2COCC21. The van der Waals surface area contributed by atoms with Crippen molar-refractivity contribution in [1.29, 1.82) is 5.26 Å². The maximum Gasteiger partial charge on any atom is 0.415 e. The van der Waals surface area contributed by atoms with Gasteiger partial charge >= 0.3 is 6.09 Å². The average Bonchev–Trinajstić information content (AvgIpc) is 3.44. The molecule has 1 aromatic carbocycles. The molecule has 3 fully saturated rings. The number of pyridine rings is 1. The minimum Gasteiger partial charge on any atom is -0.442 e. The van der Waals surface area contributed by atoms with Crippen LogP contribution in [0.1, 0.15) is 11.3 Å². The topological polar surface area (TPSA) is 106 Å². The van der Waals surface area contributed by atoms with E-state index in [2.05, 4.69) is 27.4 Å². The molecule has 3 aromatic rings. The summed E-state index contributed by atoms with van der Waals surface area (Å²) < 4.78 is 12.8. The Morgan fingerprint density at radius 2 is 2.03 bits per heavy atom. The number of cyclic esters (lactones) is 1. The summed E-state index contributed by atoms with van der Waals surface area (Å²) in [5.74, 6) is 0.527. The third kappa shape index (κ3) is 2.55. The molecule has 2 aromatic heterocycles. The molecule has 0 radical (unpaired) electrons. The predicted octanol–water partition coefficient (Wildman–Crippen LogP) is 2.33. The van der Waals surface area contributed by atoms with Gasteiger partial charge in [-0.1, -0.05) is 17.3 Å². The molecule has 4 atom stereocenters. The second-order valence-electron chi connectivity index (χ2n) is 9.20. The van der Waals surface area contributed by atoms with Crippen LogP contribution in [-0.2, 0) is 27.9 Å². The number of carbonyl (C=O) groups excluding carboxylic acids is 1. The summed E-state index contributed by atoms with van der Waals surface area (Å²) in [6.45, 7) is 1.77. The van der Waals surface area contributed by atoms with Crippen LogP contribution in [0, 0.1) is 23.2 Å². The highest BCUT2D eigenvalue weighted by Gasteiger charge is 2.70. The first-order valence-corrected chi connectivity index (χ1v) is 11.1. The minimum absolute atomic E-state index is 0.0561. The van der Waals surface area contributed by atoms with Crippen molar-refractivity contribution in [3.05, 3.63) is 60.2 Å². The molecule has 3 aliphatic heterocycles. The number of rotatable bonds is 4. The third-order valence-corrected chi connectivity index (χ3v) is 7.66. The first-order valence-electron chi connectivity index (χ1n) is 11.1. The second kappa shape index (κ2) is 6.62. The van der Waals surface area contributed by atoms with Crippen LogP contribution in [0.25, 0.3) is 11.1 Å². The van der Waals surface area contributed by atoms with Gasteiger partial charge in [0.1, 0.15) is 11.5 Å². The van der Waals surface area contributed by atoms with Gasteiger partial charge in [0.05, 0.1) is 49.4 Å². The Hall–Kier alpha value is -3.77. The fourth-order valence-electron chi connectivity index (χ4n) is 5.90. The normalized spacial score (nSPS) is 31.0. The van der Waals surface area contributed by atoms with E-state index >= 15 is 0 Å². The van der Waals surface area contributed by atoms with Crippen molar-refractivity contribution >= 4 is 11.8 Å². The molecule has 2 saturated heterocycles. The lowest BCUT2D eigenvalue weighted by atomic mass is 9.96. The van der Waals surface area contributed by atoms with Gasteiger partial charge in [-0.25, -0.2) is 9.48 Å². The number of amides is 1. The zero-order chi connectivity index (χ0) is 22.2. The predicted molar refractivity (Wildman–Crippen MR) is 115 cm³/mol.